The number of aliphatic hydroxyl groups is 1. The molecule has 3 heteroatoms. The second kappa shape index (κ2) is 3.72. The number of allylic oxidation sites excluding steroid dienone is 1. The maximum atomic E-state index is 10.4. The Morgan fingerprint density at radius 2 is 2.50 bits per heavy atom. The van der Waals surface area contributed by atoms with Gasteiger partial charge in [-0.25, -0.2) is 0 Å². The molecule has 3 nitrogen and oxygen atoms in total. The molecule has 1 amide bonds. The molecule has 68 valence electrons. The molecule has 1 rings (SSSR count). The zero-order valence-electron chi connectivity index (χ0n) is 7.53. The van der Waals surface area contributed by atoms with Gasteiger partial charge in [0.15, 0.2) is 0 Å². The molecule has 2 unspecified atom stereocenters. The molecule has 0 spiro atoms. The summed E-state index contributed by atoms with van der Waals surface area (Å²) in [6, 6.07) is 0. The number of nitrogens with zero attached hydrogens (tertiary/aromatic N) is 1. The number of carbonyl (C=O) groups is 1. The van der Waals surface area contributed by atoms with Gasteiger partial charge in [0.1, 0.15) is 0 Å². The predicted octanol–water partition coefficient (Wildman–Crippen LogP) is 0.749. The first-order chi connectivity index (χ1) is 5.69. The molecule has 2 atom stereocenters. The summed E-state index contributed by atoms with van der Waals surface area (Å²) in [5, 5.41) is 9.48. The number of hydrogen-bond acceptors (Lipinski definition) is 2. The highest BCUT2D eigenvalue weighted by molar-refractivity contribution is 5.51. The monoisotopic (exact) mass is 169 g/mol. The minimum Gasteiger partial charge on any atom is -0.389 e. The van der Waals surface area contributed by atoms with Crippen molar-refractivity contribution in [2.45, 2.75) is 25.9 Å². The molecule has 0 aromatic carbocycles. The van der Waals surface area contributed by atoms with Crippen LogP contribution in [0.15, 0.2) is 11.8 Å². The van der Waals surface area contributed by atoms with E-state index in [1.165, 1.54) is 4.90 Å². The lowest BCUT2D eigenvalue weighted by Gasteiger charge is -2.13. The Labute approximate surface area is 72.7 Å². The average Bonchev–Trinajstić information content (AvgIpc) is 2.45. The van der Waals surface area contributed by atoms with Crippen molar-refractivity contribution in [3.05, 3.63) is 11.8 Å². The summed E-state index contributed by atoms with van der Waals surface area (Å²) in [6.45, 7) is 2.05. The molecule has 0 aromatic heterocycles. The molecule has 1 N–H and O–H groups in total. The van der Waals surface area contributed by atoms with Crippen LogP contribution in [0, 0.1) is 5.92 Å². The van der Waals surface area contributed by atoms with Crippen molar-refractivity contribution >= 4 is 6.41 Å². The third-order valence-corrected chi connectivity index (χ3v) is 2.45. The Balaban J connectivity index is 2.60. The second-order valence-corrected chi connectivity index (χ2v) is 3.24. The van der Waals surface area contributed by atoms with E-state index >= 15 is 0 Å². The van der Waals surface area contributed by atoms with E-state index in [1.54, 1.807) is 13.1 Å². The van der Waals surface area contributed by atoms with E-state index in [0.717, 1.165) is 24.9 Å². The van der Waals surface area contributed by atoms with Crippen molar-refractivity contribution in [2.75, 3.05) is 7.05 Å². The van der Waals surface area contributed by atoms with Crippen molar-refractivity contribution in [3.63, 3.8) is 0 Å². The van der Waals surface area contributed by atoms with E-state index in [-0.39, 0.29) is 6.10 Å². The number of amides is 1. The highest BCUT2D eigenvalue weighted by Crippen LogP contribution is 2.28. The van der Waals surface area contributed by atoms with Crippen LogP contribution in [0.4, 0.5) is 0 Å². The van der Waals surface area contributed by atoms with Crippen LogP contribution in [-0.2, 0) is 4.79 Å². The number of rotatable bonds is 3. The van der Waals surface area contributed by atoms with E-state index in [1.807, 2.05) is 6.92 Å². The van der Waals surface area contributed by atoms with Crippen molar-refractivity contribution in [3.8, 4) is 0 Å². The topological polar surface area (TPSA) is 40.5 Å². The third kappa shape index (κ3) is 1.67. The molecule has 0 radical (unpaired) electrons. The van der Waals surface area contributed by atoms with Crippen LogP contribution in [0.1, 0.15) is 19.8 Å². The highest BCUT2D eigenvalue weighted by Gasteiger charge is 2.25. The summed E-state index contributed by atoms with van der Waals surface area (Å²) < 4.78 is 0. The zero-order chi connectivity index (χ0) is 9.14. The lowest BCUT2D eigenvalue weighted by Crippen LogP contribution is -2.14. The summed E-state index contributed by atoms with van der Waals surface area (Å²) in [5.74, 6) is 0.294. The Morgan fingerprint density at radius 1 is 1.83 bits per heavy atom. The first-order valence-corrected chi connectivity index (χ1v) is 4.26. The number of aliphatic hydroxyl groups excluding tert-OH is 1. The molecule has 1 aliphatic carbocycles. The Morgan fingerprint density at radius 3 is 2.92 bits per heavy atom. The van der Waals surface area contributed by atoms with Crippen LogP contribution in [0.25, 0.3) is 0 Å². The summed E-state index contributed by atoms with van der Waals surface area (Å²) in [4.78, 5) is 11.9. The lowest BCUT2D eigenvalue weighted by molar-refractivity contribution is -0.115. The number of hydrogen-bond donors (Lipinski definition) is 1. The van der Waals surface area contributed by atoms with Gasteiger partial charge in [-0.3, -0.25) is 4.79 Å². The van der Waals surface area contributed by atoms with Gasteiger partial charge in [0.05, 0.1) is 6.10 Å². The highest BCUT2D eigenvalue weighted by atomic mass is 16.3. The van der Waals surface area contributed by atoms with Gasteiger partial charge in [0.2, 0.25) is 6.41 Å². The summed E-state index contributed by atoms with van der Waals surface area (Å²) >= 11 is 0. The van der Waals surface area contributed by atoms with Crippen LogP contribution in [0.5, 0.6) is 0 Å². The van der Waals surface area contributed by atoms with E-state index in [0.29, 0.717) is 5.92 Å². The predicted molar refractivity (Wildman–Crippen MR) is 46.3 cm³/mol. The molecular formula is C9H15NO2. The SMILES string of the molecule is CCC1CC(N(C)C=O)=CC1O. The van der Waals surface area contributed by atoms with Gasteiger partial charge in [-0.05, 0) is 18.4 Å². The van der Waals surface area contributed by atoms with E-state index in [2.05, 4.69) is 0 Å². The standard InChI is InChI=1S/C9H15NO2/c1-3-7-4-8(5-9(7)12)10(2)6-11/h5-7,9,12H,3-4H2,1-2H3. The molecule has 0 aromatic rings. The Hall–Kier alpha value is -0.830. The number of carbonyl (C=O) groups excluding carboxylic acids is 1. The van der Waals surface area contributed by atoms with Crippen molar-refractivity contribution < 1.29 is 9.90 Å². The van der Waals surface area contributed by atoms with E-state index in [9.17, 15) is 9.90 Å². The third-order valence-electron chi connectivity index (χ3n) is 2.45. The minimum atomic E-state index is -0.368. The van der Waals surface area contributed by atoms with Gasteiger partial charge in [0, 0.05) is 12.7 Å². The van der Waals surface area contributed by atoms with Crippen LogP contribution < -0.4 is 0 Å². The molecule has 0 saturated carbocycles. The average molecular weight is 169 g/mol. The molecule has 12 heavy (non-hydrogen) atoms. The van der Waals surface area contributed by atoms with Gasteiger partial charge in [-0.15, -0.1) is 0 Å². The minimum absolute atomic E-state index is 0.294. The molecule has 0 aliphatic heterocycles. The van der Waals surface area contributed by atoms with Crippen molar-refractivity contribution in [1.82, 2.24) is 4.90 Å². The lowest BCUT2D eigenvalue weighted by atomic mass is 10.0. The first-order valence-electron chi connectivity index (χ1n) is 4.26. The van der Waals surface area contributed by atoms with Crippen LogP contribution in [-0.4, -0.2) is 29.6 Å². The van der Waals surface area contributed by atoms with E-state index in [4.69, 9.17) is 0 Å². The van der Waals surface area contributed by atoms with Gasteiger partial charge >= 0.3 is 0 Å². The maximum Gasteiger partial charge on any atom is 0.213 e. The summed E-state index contributed by atoms with van der Waals surface area (Å²) in [5.41, 5.74) is 0.935. The molecular weight excluding hydrogens is 154 g/mol. The van der Waals surface area contributed by atoms with Crippen molar-refractivity contribution in [2.24, 2.45) is 5.92 Å². The normalized spacial score (nSPS) is 28.4. The summed E-state index contributed by atoms with van der Waals surface area (Å²) in [7, 11) is 1.71. The molecule has 1 aliphatic rings. The Kier molecular flexibility index (Phi) is 2.87. The molecule has 0 heterocycles. The summed E-state index contributed by atoms with van der Waals surface area (Å²) in [6.07, 6.45) is 3.94. The molecule has 0 fully saturated rings. The quantitative estimate of drug-likeness (QED) is 0.633. The fraction of sp³-hybridized carbons (Fsp3) is 0.667. The fourth-order valence-corrected chi connectivity index (χ4v) is 1.51. The van der Waals surface area contributed by atoms with Crippen LogP contribution >= 0.6 is 0 Å². The largest absolute Gasteiger partial charge is 0.389 e. The fourth-order valence-electron chi connectivity index (χ4n) is 1.51. The van der Waals surface area contributed by atoms with Gasteiger partial charge in [0.25, 0.3) is 0 Å². The first kappa shape index (κ1) is 9.26. The second-order valence-electron chi connectivity index (χ2n) is 3.24. The van der Waals surface area contributed by atoms with Gasteiger partial charge in [-0.1, -0.05) is 13.3 Å². The smallest absolute Gasteiger partial charge is 0.213 e. The zero-order valence-corrected chi connectivity index (χ0v) is 7.53. The maximum absolute atomic E-state index is 10.4. The van der Waals surface area contributed by atoms with Crippen LogP contribution in [0.3, 0.4) is 0 Å². The Bertz CT molecular complexity index is 201. The molecule has 0 saturated heterocycles. The van der Waals surface area contributed by atoms with Crippen LogP contribution in [0.2, 0.25) is 0 Å². The van der Waals surface area contributed by atoms with Gasteiger partial charge < -0.3 is 10.0 Å². The van der Waals surface area contributed by atoms with Crippen molar-refractivity contribution in [1.29, 1.82) is 0 Å². The molecule has 0 bridgehead atoms. The van der Waals surface area contributed by atoms with Gasteiger partial charge in [-0.2, -0.15) is 0 Å². The van der Waals surface area contributed by atoms with E-state index < -0.39 is 0 Å².